The average Bonchev–Trinajstić information content (AvgIpc) is 3.12. The Morgan fingerprint density at radius 3 is 2.52 bits per heavy atom. The van der Waals surface area contributed by atoms with E-state index in [1.807, 2.05) is 49.1 Å². The van der Waals surface area contributed by atoms with Crippen LogP contribution in [-0.4, -0.2) is 52.0 Å². The Bertz CT molecular complexity index is 674. The molecule has 0 aliphatic carbocycles. The molecule has 0 spiro atoms. The highest BCUT2D eigenvalue weighted by atomic mass is 16.5. The predicted octanol–water partition coefficient (Wildman–Crippen LogP) is 2.82. The Morgan fingerprint density at radius 1 is 1.20 bits per heavy atom. The maximum Gasteiger partial charge on any atom is 0.241 e. The molecule has 0 unspecified atom stereocenters. The van der Waals surface area contributed by atoms with Crippen molar-refractivity contribution in [1.29, 1.82) is 0 Å². The standard InChI is InChI=1S/C19H26N4O2/c1-3-23(4-2)19(24)16-10-12-22(13-11-16)14-17-20-18(21-25-17)15-8-6-5-7-9-15/h5-9,16H,3-4,10-14H2,1-2H3. The van der Waals surface area contributed by atoms with E-state index in [1.165, 1.54) is 0 Å². The number of carbonyl (C=O) groups is 1. The number of rotatable bonds is 6. The minimum Gasteiger partial charge on any atom is -0.343 e. The zero-order valence-corrected chi connectivity index (χ0v) is 15.0. The molecular formula is C19H26N4O2. The summed E-state index contributed by atoms with van der Waals surface area (Å²) in [5.74, 6) is 1.71. The van der Waals surface area contributed by atoms with Crippen molar-refractivity contribution in [2.24, 2.45) is 5.92 Å². The van der Waals surface area contributed by atoms with Crippen molar-refractivity contribution in [1.82, 2.24) is 19.9 Å². The number of hydrogen-bond acceptors (Lipinski definition) is 5. The van der Waals surface area contributed by atoms with Crippen molar-refractivity contribution in [3.8, 4) is 11.4 Å². The molecular weight excluding hydrogens is 316 g/mol. The fourth-order valence-electron chi connectivity index (χ4n) is 3.35. The van der Waals surface area contributed by atoms with Crippen LogP contribution in [-0.2, 0) is 11.3 Å². The third-order valence-electron chi connectivity index (χ3n) is 4.87. The van der Waals surface area contributed by atoms with E-state index in [0.29, 0.717) is 24.2 Å². The van der Waals surface area contributed by atoms with Crippen LogP contribution in [0.25, 0.3) is 11.4 Å². The van der Waals surface area contributed by atoms with E-state index >= 15 is 0 Å². The van der Waals surface area contributed by atoms with Crippen LogP contribution in [0.1, 0.15) is 32.6 Å². The second kappa shape index (κ2) is 8.25. The van der Waals surface area contributed by atoms with Crippen LogP contribution in [0.3, 0.4) is 0 Å². The Kier molecular flexibility index (Phi) is 5.81. The molecule has 1 aliphatic heterocycles. The van der Waals surface area contributed by atoms with Gasteiger partial charge in [-0.1, -0.05) is 35.5 Å². The average molecular weight is 342 g/mol. The third-order valence-corrected chi connectivity index (χ3v) is 4.87. The largest absolute Gasteiger partial charge is 0.343 e. The van der Waals surface area contributed by atoms with Gasteiger partial charge in [0.2, 0.25) is 17.6 Å². The highest BCUT2D eigenvalue weighted by molar-refractivity contribution is 5.78. The van der Waals surface area contributed by atoms with Gasteiger partial charge < -0.3 is 9.42 Å². The fraction of sp³-hybridized carbons (Fsp3) is 0.526. The molecule has 1 saturated heterocycles. The number of benzene rings is 1. The topological polar surface area (TPSA) is 62.5 Å². The van der Waals surface area contributed by atoms with Crippen molar-refractivity contribution >= 4 is 5.91 Å². The minimum absolute atomic E-state index is 0.152. The molecule has 0 saturated carbocycles. The number of carbonyl (C=O) groups excluding carboxylic acids is 1. The summed E-state index contributed by atoms with van der Waals surface area (Å²) < 4.78 is 5.39. The Hall–Kier alpha value is -2.21. The maximum atomic E-state index is 12.5. The van der Waals surface area contributed by atoms with Crippen LogP contribution in [0.15, 0.2) is 34.9 Å². The molecule has 1 amide bonds. The lowest BCUT2D eigenvalue weighted by molar-refractivity contribution is -0.136. The molecule has 3 rings (SSSR count). The van der Waals surface area contributed by atoms with Crippen molar-refractivity contribution in [2.75, 3.05) is 26.2 Å². The summed E-state index contributed by atoms with van der Waals surface area (Å²) in [6.07, 6.45) is 1.80. The number of piperidine rings is 1. The molecule has 1 fully saturated rings. The van der Waals surface area contributed by atoms with Crippen molar-refractivity contribution in [3.05, 3.63) is 36.2 Å². The summed E-state index contributed by atoms with van der Waals surface area (Å²) in [6.45, 7) is 8.08. The van der Waals surface area contributed by atoms with E-state index in [4.69, 9.17) is 4.52 Å². The van der Waals surface area contributed by atoms with E-state index in [9.17, 15) is 4.79 Å². The Labute approximate surface area is 148 Å². The first-order valence-electron chi connectivity index (χ1n) is 9.10. The van der Waals surface area contributed by atoms with Gasteiger partial charge in [-0.05, 0) is 39.8 Å². The monoisotopic (exact) mass is 342 g/mol. The molecule has 25 heavy (non-hydrogen) atoms. The number of aromatic nitrogens is 2. The summed E-state index contributed by atoms with van der Waals surface area (Å²) >= 11 is 0. The van der Waals surface area contributed by atoms with Crippen LogP contribution in [0.2, 0.25) is 0 Å². The van der Waals surface area contributed by atoms with Crippen molar-refractivity contribution in [3.63, 3.8) is 0 Å². The zero-order chi connectivity index (χ0) is 17.6. The summed E-state index contributed by atoms with van der Waals surface area (Å²) in [4.78, 5) is 21.2. The summed E-state index contributed by atoms with van der Waals surface area (Å²) in [5.41, 5.74) is 0.959. The number of hydrogen-bond donors (Lipinski definition) is 0. The lowest BCUT2D eigenvalue weighted by Gasteiger charge is -2.32. The molecule has 6 heteroatoms. The van der Waals surface area contributed by atoms with Gasteiger partial charge in [-0.3, -0.25) is 9.69 Å². The quantitative estimate of drug-likeness (QED) is 0.808. The van der Waals surface area contributed by atoms with Crippen LogP contribution in [0.5, 0.6) is 0 Å². The summed E-state index contributed by atoms with van der Waals surface area (Å²) in [6, 6.07) is 9.83. The molecule has 1 aliphatic rings. The highest BCUT2D eigenvalue weighted by Crippen LogP contribution is 2.22. The fourth-order valence-corrected chi connectivity index (χ4v) is 3.35. The van der Waals surface area contributed by atoms with Crippen LogP contribution in [0.4, 0.5) is 0 Å². The first kappa shape index (κ1) is 17.6. The predicted molar refractivity (Wildman–Crippen MR) is 95.7 cm³/mol. The Morgan fingerprint density at radius 2 is 1.88 bits per heavy atom. The van der Waals surface area contributed by atoms with Gasteiger partial charge in [-0.25, -0.2) is 0 Å². The zero-order valence-electron chi connectivity index (χ0n) is 15.0. The van der Waals surface area contributed by atoms with Crippen molar-refractivity contribution in [2.45, 2.75) is 33.2 Å². The van der Waals surface area contributed by atoms with Crippen molar-refractivity contribution < 1.29 is 9.32 Å². The first-order valence-corrected chi connectivity index (χ1v) is 9.10. The minimum atomic E-state index is 0.152. The molecule has 1 aromatic carbocycles. The Balaban J connectivity index is 1.53. The molecule has 134 valence electrons. The summed E-state index contributed by atoms with van der Waals surface area (Å²) in [5, 5.41) is 4.07. The van der Waals surface area contributed by atoms with Crippen LogP contribution in [0, 0.1) is 5.92 Å². The second-order valence-electron chi connectivity index (χ2n) is 6.44. The SMILES string of the molecule is CCN(CC)C(=O)C1CCN(Cc2nc(-c3ccccc3)no2)CC1. The maximum absolute atomic E-state index is 12.5. The van der Waals surface area contributed by atoms with Gasteiger partial charge in [0.05, 0.1) is 6.54 Å². The molecule has 2 aromatic rings. The molecule has 0 atom stereocenters. The highest BCUT2D eigenvalue weighted by Gasteiger charge is 2.28. The van der Waals surface area contributed by atoms with Gasteiger partial charge in [-0.2, -0.15) is 4.98 Å². The lowest BCUT2D eigenvalue weighted by Crippen LogP contribution is -2.42. The van der Waals surface area contributed by atoms with Gasteiger partial charge >= 0.3 is 0 Å². The van der Waals surface area contributed by atoms with E-state index in [1.54, 1.807) is 0 Å². The van der Waals surface area contributed by atoms with E-state index < -0.39 is 0 Å². The lowest BCUT2D eigenvalue weighted by atomic mass is 9.95. The normalized spacial score (nSPS) is 16.1. The molecule has 2 heterocycles. The van der Waals surface area contributed by atoms with E-state index in [-0.39, 0.29) is 5.92 Å². The molecule has 0 N–H and O–H groups in total. The van der Waals surface area contributed by atoms with Gasteiger partial charge in [0.1, 0.15) is 0 Å². The van der Waals surface area contributed by atoms with E-state index in [2.05, 4.69) is 15.0 Å². The second-order valence-corrected chi connectivity index (χ2v) is 6.44. The molecule has 6 nitrogen and oxygen atoms in total. The van der Waals surface area contributed by atoms with Gasteiger partial charge in [0, 0.05) is 24.6 Å². The number of amides is 1. The molecule has 1 aromatic heterocycles. The molecule has 0 bridgehead atoms. The smallest absolute Gasteiger partial charge is 0.241 e. The number of likely N-dealkylation sites (tertiary alicyclic amines) is 1. The van der Waals surface area contributed by atoms with Gasteiger partial charge in [0.25, 0.3) is 0 Å². The molecule has 0 radical (unpaired) electrons. The van der Waals surface area contributed by atoms with Crippen LogP contribution >= 0.6 is 0 Å². The van der Waals surface area contributed by atoms with Gasteiger partial charge in [-0.15, -0.1) is 0 Å². The number of nitrogens with zero attached hydrogens (tertiary/aromatic N) is 4. The summed E-state index contributed by atoms with van der Waals surface area (Å²) in [7, 11) is 0. The van der Waals surface area contributed by atoms with Crippen LogP contribution < -0.4 is 0 Å². The third kappa shape index (κ3) is 4.25. The first-order chi connectivity index (χ1) is 12.2. The van der Waals surface area contributed by atoms with E-state index in [0.717, 1.165) is 44.6 Å². The van der Waals surface area contributed by atoms with Gasteiger partial charge in [0.15, 0.2) is 0 Å².